The summed E-state index contributed by atoms with van der Waals surface area (Å²) in [5.74, 6) is 0.867. The van der Waals surface area contributed by atoms with Gasteiger partial charge in [0, 0.05) is 25.7 Å². The van der Waals surface area contributed by atoms with Crippen molar-refractivity contribution in [2.75, 3.05) is 33.3 Å². The molecule has 1 N–H and O–H groups in total. The van der Waals surface area contributed by atoms with Crippen LogP contribution in [0.2, 0.25) is 0 Å². The highest BCUT2D eigenvalue weighted by Crippen LogP contribution is 2.28. The highest BCUT2D eigenvalue weighted by molar-refractivity contribution is 4.83. The second-order valence-electron chi connectivity index (χ2n) is 5.11. The number of nitrogens with zero attached hydrogens (tertiary/aromatic N) is 1. The Kier molecular flexibility index (Phi) is 4.00. The lowest BCUT2D eigenvalue weighted by molar-refractivity contribution is 0.000290. The third kappa shape index (κ3) is 2.92. The van der Waals surface area contributed by atoms with Gasteiger partial charge in [-0.1, -0.05) is 13.3 Å². The first kappa shape index (κ1) is 11.4. The van der Waals surface area contributed by atoms with Crippen molar-refractivity contribution in [3.05, 3.63) is 0 Å². The first-order chi connectivity index (χ1) is 7.27. The van der Waals surface area contributed by atoms with Crippen molar-refractivity contribution in [3.63, 3.8) is 0 Å². The largest absolute Gasteiger partial charge is 0.374 e. The maximum absolute atomic E-state index is 5.74. The summed E-state index contributed by atoms with van der Waals surface area (Å²) < 4.78 is 5.74. The van der Waals surface area contributed by atoms with Crippen molar-refractivity contribution in [2.45, 2.75) is 38.3 Å². The van der Waals surface area contributed by atoms with Crippen LogP contribution in [0.25, 0.3) is 0 Å². The van der Waals surface area contributed by atoms with Crippen molar-refractivity contribution in [2.24, 2.45) is 5.92 Å². The zero-order chi connectivity index (χ0) is 10.7. The smallest absolute Gasteiger partial charge is 0.0826 e. The lowest BCUT2D eigenvalue weighted by Crippen LogP contribution is -2.47. The van der Waals surface area contributed by atoms with Crippen molar-refractivity contribution in [1.82, 2.24) is 10.2 Å². The van der Waals surface area contributed by atoms with Crippen LogP contribution in [0.3, 0.4) is 0 Å². The number of hydrogen-bond donors (Lipinski definition) is 1. The molecule has 0 radical (unpaired) electrons. The molecule has 1 saturated heterocycles. The van der Waals surface area contributed by atoms with Crippen molar-refractivity contribution in [3.8, 4) is 0 Å². The Labute approximate surface area is 93.2 Å². The molecule has 1 heterocycles. The van der Waals surface area contributed by atoms with Gasteiger partial charge >= 0.3 is 0 Å². The van der Waals surface area contributed by atoms with Crippen LogP contribution < -0.4 is 5.32 Å². The van der Waals surface area contributed by atoms with Gasteiger partial charge in [0.1, 0.15) is 0 Å². The van der Waals surface area contributed by atoms with E-state index in [9.17, 15) is 0 Å². The van der Waals surface area contributed by atoms with E-state index in [0.29, 0.717) is 6.10 Å². The predicted molar refractivity (Wildman–Crippen MR) is 62.0 cm³/mol. The van der Waals surface area contributed by atoms with E-state index in [1.165, 1.54) is 19.3 Å². The third-order valence-corrected chi connectivity index (χ3v) is 3.88. The van der Waals surface area contributed by atoms with Gasteiger partial charge < -0.3 is 15.0 Å². The van der Waals surface area contributed by atoms with Crippen LogP contribution in [0.1, 0.15) is 26.2 Å². The monoisotopic (exact) mass is 212 g/mol. The molecule has 0 amide bonds. The van der Waals surface area contributed by atoms with Crippen LogP contribution in [-0.2, 0) is 4.74 Å². The van der Waals surface area contributed by atoms with Gasteiger partial charge in [-0.15, -0.1) is 0 Å². The summed E-state index contributed by atoms with van der Waals surface area (Å²) in [4.78, 5) is 2.51. The fraction of sp³-hybridized carbons (Fsp3) is 1.00. The SMILES string of the molecule is CC1CCCC1N(C)CC1CNCCO1. The second-order valence-corrected chi connectivity index (χ2v) is 5.11. The maximum atomic E-state index is 5.74. The Morgan fingerprint density at radius 1 is 1.40 bits per heavy atom. The van der Waals surface area contributed by atoms with Crippen LogP contribution in [0.4, 0.5) is 0 Å². The molecule has 3 unspecified atom stereocenters. The number of rotatable bonds is 3. The molecule has 0 aromatic carbocycles. The minimum atomic E-state index is 0.400. The first-order valence-corrected chi connectivity index (χ1v) is 6.30. The summed E-state index contributed by atoms with van der Waals surface area (Å²) in [5, 5.41) is 3.39. The Morgan fingerprint density at radius 3 is 2.87 bits per heavy atom. The molecule has 3 atom stereocenters. The molecule has 1 saturated carbocycles. The molecule has 0 bridgehead atoms. The van der Waals surface area contributed by atoms with Crippen LogP contribution in [0.15, 0.2) is 0 Å². The van der Waals surface area contributed by atoms with Crippen LogP contribution >= 0.6 is 0 Å². The van der Waals surface area contributed by atoms with Gasteiger partial charge in [-0.3, -0.25) is 0 Å². The Bertz CT molecular complexity index is 192. The number of hydrogen-bond acceptors (Lipinski definition) is 3. The summed E-state index contributed by atoms with van der Waals surface area (Å²) in [7, 11) is 2.25. The molecule has 3 nitrogen and oxygen atoms in total. The van der Waals surface area contributed by atoms with Crippen molar-refractivity contribution in [1.29, 1.82) is 0 Å². The molecule has 1 aliphatic heterocycles. The minimum Gasteiger partial charge on any atom is -0.374 e. The summed E-state index contributed by atoms with van der Waals surface area (Å²) in [6.07, 6.45) is 4.58. The van der Waals surface area contributed by atoms with E-state index in [2.05, 4.69) is 24.2 Å². The standard InChI is InChI=1S/C12H24N2O/c1-10-4-3-5-12(10)14(2)9-11-8-13-6-7-15-11/h10-13H,3-9H2,1-2H3. The van der Waals surface area contributed by atoms with Crippen molar-refractivity contribution < 1.29 is 4.74 Å². The zero-order valence-corrected chi connectivity index (χ0v) is 10.0. The normalized spacial score (nSPS) is 37.4. The molecule has 0 aromatic rings. The number of morpholine rings is 1. The van der Waals surface area contributed by atoms with Crippen LogP contribution in [0, 0.1) is 5.92 Å². The molecular weight excluding hydrogens is 188 g/mol. The molecular formula is C12H24N2O. The topological polar surface area (TPSA) is 24.5 Å². The van der Waals surface area contributed by atoms with E-state index in [0.717, 1.165) is 38.2 Å². The molecule has 2 fully saturated rings. The van der Waals surface area contributed by atoms with E-state index in [-0.39, 0.29) is 0 Å². The highest BCUT2D eigenvalue weighted by Gasteiger charge is 2.28. The zero-order valence-electron chi connectivity index (χ0n) is 10.0. The summed E-state index contributed by atoms with van der Waals surface area (Å²) >= 11 is 0. The molecule has 3 heteroatoms. The molecule has 2 rings (SSSR count). The maximum Gasteiger partial charge on any atom is 0.0826 e. The van der Waals surface area contributed by atoms with Gasteiger partial charge in [0.2, 0.25) is 0 Å². The Morgan fingerprint density at radius 2 is 2.27 bits per heavy atom. The summed E-state index contributed by atoms with van der Waals surface area (Å²) in [6.45, 7) is 6.38. The van der Waals surface area contributed by atoms with Gasteiger partial charge in [0.25, 0.3) is 0 Å². The van der Waals surface area contributed by atoms with E-state index >= 15 is 0 Å². The van der Waals surface area contributed by atoms with E-state index in [4.69, 9.17) is 4.74 Å². The lowest BCUT2D eigenvalue weighted by Gasteiger charge is -2.33. The molecule has 88 valence electrons. The third-order valence-electron chi connectivity index (χ3n) is 3.88. The van der Waals surface area contributed by atoms with E-state index < -0.39 is 0 Å². The minimum absolute atomic E-state index is 0.400. The average molecular weight is 212 g/mol. The van der Waals surface area contributed by atoms with Gasteiger partial charge in [-0.05, 0) is 25.8 Å². The van der Waals surface area contributed by atoms with Gasteiger partial charge in [0.05, 0.1) is 12.7 Å². The molecule has 15 heavy (non-hydrogen) atoms. The number of likely N-dealkylation sites (N-methyl/N-ethyl adjacent to an activating group) is 1. The molecule has 2 aliphatic rings. The van der Waals surface area contributed by atoms with Crippen LogP contribution in [0.5, 0.6) is 0 Å². The lowest BCUT2D eigenvalue weighted by atomic mass is 10.0. The first-order valence-electron chi connectivity index (χ1n) is 6.30. The van der Waals surface area contributed by atoms with Gasteiger partial charge in [-0.25, -0.2) is 0 Å². The fourth-order valence-electron chi connectivity index (χ4n) is 2.97. The molecule has 1 aliphatic carbocycles. The highest BCUT2D eigenvalue weighted by atomic mass is 16.5. The Hall–Kier alpha value is -0.120. The van der Waals surface area contributed by atoms with Crippen molar-refractivity contribution >= 4 is 0 Å². The quantitative estimate of drug-likeness (QED) is 0.758. The van der Waals surface area contributed by atoms with E-state index in [1.54, 1.807) is 0 Å². The molecule has 0 spiro atoms. The number of ether oxygens (including phenoxy) is 1. The van der Waals surface area contributed by atoms with E-state index in [1.807, 2.05) is 0 Å². The summed E-state index contributed by atoms with van der Waals surface area (Å²) in [5.41, 5.74) is 0. The Balaban J connectivity index is 1.77. The van der Waals surface area contributed by atoms with Gasteiger partial charge in [-0.2, -0.15) is 0 Å². The molecule has 0 aromatic heterocycles. The number of nitrogens with one attached hydrogen (secondary N) is 1. The predicted octanol–water partition coefficient (Wildman–Crippen LogP) is 1.10. The fourth-order valence-corrected chi connectivity index (χ4v) is 2.97. The van der Waals surface area contributed by atoms with Crippen LogP contribution in [-0.4, -0.2) is 50.3 Å². The van der Waals surface area contributed by atoms with Gasteiger partial charge in [0.15, 0.2) is 0 Å². The second kappa shape index (κ2) is 5.28. The average Bonchev–Trinajstić information content (AvgIpc) is 2.66. The summed E-state index contributed by atoms with van der Waals surface area (Å²) in [6, 6.07) is 0.788.